The van der Waals surface area contributed by atoms with Crippen molar-refractivity contribution in [1.29, 1.82) is 0 Å². The number of halogens is 2. The average Bonchev–Trinajstić information content (AvgIpc) is 3.56. The topological polar surface area (TPSA) is 107 Å². The van der Waals surface area contributed by atoms with Crippen LogP contribution in [0.25, 0.3) is 11.3 Å². The fourth-order valence-corrected chi connectivity index (χ4v) is 4.16. The zero-order valence-electron chi connectivity index (χ0n) is 18.7. The largest absolute Gasteiger partial charge is 0.586 e. The molecule has 0 atom stereocenters. The maximum absolute atomic E-state index is 13.4. The molecule has 0 spiro atoms. The molecule has 2 heterocycles. The first-order valence-electron chi connectivity index (χ1n) is 10.7. The van der Waals surface area contributed by atoms with Gasteiger partial charge in [0.05, 0.1) is 18.2 Å². The first-order valence-corrected chi connectivity index (χ1v) is 10.7. The van der Waals surface area contributed by atoms with Crippen LogP contribution in [-0.2, 0) is 10.2 Å². The Morgan fingerprint density at radius 2 is 1.80 bits per heavy atom. The molecule has 0 saturated heterocycles. The molecule has 3 aromatic rings. The molecule has 8 nitrogen and oxygen atoms in total. The zero-order valence-corrected chi connectivity index (χ0v) is 18.7. The molecule has 1 aromatic heterocycles. The lowest BCUT2D eigenvalue weighted by molar-refractivity contribution is -0.286. The van der Waals surface area contributed by atoms with Gasteiger partial charge in [0.25, 0.3) is 0 Å². The van der Waals surface area contributed by atoms with Crippen LogP contribution in [0.3, 0.4) is 0 Å². The number of carbonyl (C=O) groups is 2. The van der Waals surface area contributed by atoms with Crippen LogP contribution in [0, 0.1) is 6.92 Å². The van der Waals surface area contributed by atoms with Crippen molar-refractivity contribution >= 4 is 17.7 Å². The number of fused-ring (bicyclic) bond motifs is 1. The van der Waals surface area contributed by atoms with Crippen LogP contribution in [0.2, 0.25) is 0 Å². The predicted molar refractivity (Wildman–Crippen MR) is 120 cm³/mol. The molecule has 1 fully saturated rings. The summed E-state index contributed by atoms with van der Waals surface area (Å²) < 4.78 is 40.9. The second-order valence-corrected chi connectivity index (χ2v) is 8.45. The van der Waals surface area contributed by atoms with E-state index >= 15 is 0 Å². The van der Waals surface area contributed by atoms with Crippen molar-refractivity contribution < 1.29 is 37.7 Å². The second kappa shape index (κ2) is 7.93. The molecular weight excluding hydrogens is 462 g/mol. The molecule has 1 aliphatic heterocycles. The van der Waals surface area contributed by atoms with Gasteiger partial charge in [-0.15, -0.1) is 8.78 Å². The number of aromatic nitrogens is 1. The summed E-state index contributed by atoms with van der Waals surface area (Å²) in [6.07, 6.45) is -2.64. The number of alkyl halides is 2. The summed E-state index contributed by atoms with van der Waals surface area (Å²) in [5, 5.41) is 12.1. The number of carboxylic acid groups (broad SMARTS) is 1. The van der Waals surface area contributed by atoms with Crippen LogP contribution in [-0.4, -0.2) is 35.4 Å². The maximum atomic E-state index is 13.4. The highest BCUT2D eigenvalue weighted by atomic mass is 19.3. The van der Waals surface area contributed by atoms with Gasteiger partial charge in [-0.3, -0.25) is 4.79 Å². The van der Waals surface area contributed by atoms with Gasteiger partial charge in [0.2, 0.25) is 5.91 Å². The molecule has 1 aliphatic carbocycles. The molecule has 35 heavy (non-hydrogen) atoms. The smallest absolute Gasteiger partial charge is 0.496 e. The number of aromatic carboxylic acids is 1. The Labute approximate surface area is 198 Å². The normalized spacial score (nSPS) is 16.5. The fraction of sp³-hybridized carbons (Fsp3) is 0.240. The van der Waals surface area contributed by atoms with E-state index in [1.165, 1.54) is 25.3 Å². The van der Waals surface area contributed by atoms with E-state index in [0.29, 0.717) is 35.5 Å². The molecular formula is C25H20F2N2O6. The number of aryl methyl sites for hydroxylation is 1. The number of ether oxygens (including phenoxy) is 3. The number of hydrogen-bond acceptors (Lipinski definition) is 6. The van der Waals surface area contributed by atoms with Gasteiger partial charge in [-0.1, -0.05) is 18.2 Å². The van der Waals surface area contributed by atoms with Gasteiger partial charge in [-0.05, 0) is 61.2 Å². The number of carboxylic acids is 1. The van der Waals surface area contributed by atoms with E-state index in [9.17, 15) is 23.5 Å². The molecule has 2 aromatic carbocycles. The number of benzene rings is 2. The molecule has 2 aliphatic rings. The minimum atomic E-state index is -3.73. The summed E-state index contributed by atoms with van der Waals surface area (Å²) >= 11 is 0. The fourth-order valence-electron chi connectivity index (χ4n) is 4.16. The average molecular weight is 482 g/mol. The van der Waals surface area contributed by atoms with Gasteiger partial charge in [-0.2, -0.15) is 0 Å². The van der Waals surface area contributed by atoms with Crippen LogP contribution in [0.5, 0.6) is 17.2 Å². The van der Waals surface area contributed by atoms with Gasteiger partial charge in [0.1, 0.15) is 17.1 Å². The minimum absolute atomic E-state index is 0.0236. The molecule has 180 valence electrons. The van der Waals surface area contributed by atoms with Gasteiger partial charge in [0.15, 0.2) is 11.5 Å². The lowest BCUT2D eigenvalue weighted by Gasteiger charge is -2.17. The first kappa shape index (κ1) is 22.6. The van der Waals surface area contributed by atoms with Gasteiger partial charge in [-0.25, -0.2) is 9.78 Å². The van der Waals surface area contributed by atoms with E-state index in [-0.39, 0.29) is 28.7 Å². The van der Waals surface area contributed by atoms with Crippen molar-refractivity contribution in [2.45, 2.75) is 31.5 Å². The van der Waals surface area contributed by atoms with Crippen molar-refractivity contribution in [3.8, 4) is 28.5 Å². The van der Waals surface area contributed by atoms with Crippen LogP contribution >= 0.6 is 0 Å². The molecule has 0 unspecified atom stereocenters. The van der Waals surface area contributed by atoms with Crippen molar-refractivity contribution in [2.75, 3.05) is 12.4 Å². The van der Waals surface area contributed by atoms with E-state index < -0.39 is 17.7 Å². The Morgan fingerprint density at radius 1 is 1.06 bits per heavy atom. The number of anilines is 1. The number of methoxy groups -OCH3 is 1. The number of nitrogens with zero attached hydrogens (tertiary/aromatic N) is 1. The summed E-state index contributed by atoms with van der Waals surface area (Å²) in [7, 11) is 1.38. The molecule has 0 bridgehead atoms. The Kier molecular flexibility index (Phi) is 5.12. The third-order valence-electron chi connectivity index (χ3n) is 6.18. The summed E-state index contributed by atoms with van der Waals surface area (Å²) in [5.41, 5.74) is 1.68. The monoisotopic (exact) mass is 482 g/mol. The summed E-state index contributed by atoms with van der Waals surface area (Å²) in [6.45, 7) is 1.84. The summed E-state index contributed by atoms with van der Waals surface area (Å²) in [4.78, 5) is 29.2. The van der Waals surface area contributed by atoms with E-state index in [4.69, 9.17) is 4.74 Å². The number of rotatable bonds is 6. The van der Waals surface area contributed by atoms with E-state index in [1.807, 2.05) is 6.92 Å². The van der Waals surface area contributed by atoms with Crippen molar-refractivity contribution in [3.63, 3.8) is 0 Å². The lowest BCUT2D eigenvalue weighted by atomic mass is 9.94. The number of hydrogen-bond donors (Lipinski definition) is 2. The van der Waals surface area contributed by atoms with Crippen LogP contribution in [0.15, 0.2) is 48.5 Å². The molecule has 5 rings (SSSR count). The molecule has 1 amide bonds. The predicted octanol–water partition coefficient (Wildman–Crippen LogP) is 4.76. The van der Waals surface area contributed by atoms with E-state index in [0.717, 1.165) is 5.56 Å². The van der Waals surface area contributed by atoms with Crippen LogP contribution in [0.1, 0.15) is 34.3 Å². The van der Waals surface area contributed by atoms with E-state index in [2.05, 4.69) is 19.8 Å². The number of amides is 1. The highest BCUT2D eigenvalue weighted by molar-refractivity contribution is 6.01. The zero-order chi connectivity index (χ0) is 25.0. The van der Waals surface area contributed by atoms with Crippen molar-refractivity contribution in [3.05, 3.63) is 65.2 Å². The highest BCUT2D eigenvalue weighted by Crippen LogP contribution is 2.52. The third kappa shape index (κ3) is 4.01. The Hall–Kier alpha value is -4.21. The SMILES string of the molecule is COc1cc(-c2nc(NC(=O)C3(c4ccc5c(c4)OC(F)(F)O5)CC3)ccc2C)ccc1C(=O)O. The minimum Gasteiger partial charge on any atom is -0.496 e. The lowest BCUT2D eigenvalue weighted by Crippen LogP contribution is -2.28. The van der Waals surface area contributed by atoms with Gasteiger partial charge < -0.3 is 24.6 Å². The van der Waals surface area contributed by atoms with Gasteiger partial charge >= 0.3 is 12.3 Å². The van der Waals surface area contributed by atoms with Crippen molar-refractivity contribution in [2.24, 2.45) is 0 Å². The molecule has 10 heteroatoms. The number of nitrogens with one attached hydrogen (secondary N) is 1. The Bertz CT molecular complexity index is 1370. The second-order valence-electron chi connectivity index (χ2n) is 8.45. The summed E-state index contributed by atoms with van der Waals surface area (Å²) in [6, 6.07) is 12.5. The van der Waals surface area contributed by atoms with Crippen LogP contribution < -0.4 is 19.5 Å². The highest BCUT2D eigenvalue weighted by Gasteiger charge is 2.53. The third-order valence-corrected chi connectivity index (χ3v) is 6.18. The first-order chi connectivity index (χ1) is 16.6. The molecule has 0 radical (unpaired) electrons. The number of pyridine rings is 1. The standard InChI is InChI=1S/C25H20F2N2O6/c1-13-3-8-20(28-21(13)14-4-6-16(22(30)31)18(11-14)33-2)29-23(32)24(9-10-24)15-5-7-17-19(12-15)35-25(26,27)34-17/h3-8,11-12H,9-10H2,1-2H3,(H,30,31)(H,28,29,32). The quantitative estimate of drug-likeness (QED) is 0.522. The summed E-state index contributed by atoms with van der Waals surface area (Å²) in [5.74, 6) is -1.12. The number of carbonyl (C=O) groups excluding carboxylic acids is 1. The van der Waals surface area contributed by atoms with E-state index in [1.54, 1.807) is 30.3 Å². The Morgan fingerprint density at radius 3 is 2.49 bits per heavy atom. The van der Waals surface area contributed by atoms with Crippen molar-refractivity contribution in [1.82, 2.24) is 4.98 Å². The molecule has 1 saturated carbocycles. The maximum Gasteiger partial charge on any atom is 0.586 e. The van der Waals surface area contributed by atoms with Gasteiger partial charge in [0, 0.05) is 5.56 Å². The Balaban J connectivity index is 1.41. The van der Waals surface area contributed by atoms with Crippen LogP contribution in [0.4, 0.5) is 14.6 Å². The molecule has 2 N–H and O–H groups in total.